The van der Waals surface area contributed by atoms with Gasteiger partial charge in [-0.1, -0.05) is 0 Å². The maximum absolute atomic E-state index is 12.9. The summed E-state index contributed by atoms with van der Waals surface area (Å²) in [7, 11) is 0. The summed E-state index contributed by atoms with van der Waals surface area (Å²) in [6.07, 6.45) is 0. The molecule has 16 heavy (non-hydrogen) atoms. The summed E-state index contributed by atoms with van der Waals surface area (Å²) in [5, 5.41) is 8.27. The second-order valence-electron chi connectivity index (χ2n) is 3.79. The molecule has 0 aromatic rings. The molecule has 5 nitrogen and oxygen atoms in total. The van der Waals surface area contributed by atoms with Crippen LogP contribution in [0.25, 0.3) is 0 Å². The molecule has 0 aliphatic carbocycles. The van der Waals surface area contributed by atoms with Gasteiger partial charge in [-0.15, -0.1) is 0 Å². The fraction of sp³-hybridized carbons (Fsp3) is 0.778. The Kier molecular flexibility index (Phi) is 3.79. The van der Waals surface area contributed by atoms with Crippen LogP contribution < -0.4 is 0 Å². The third-order valence-electron chi connectivity index (χ3n) is 2.55. The van der Waals surface area contributed by atoms with E-state index in [2.05, 4.69) is 0 Å². The Labute approximate surface area is 91.6 Å². The second-order valence-corrected chi connectivity index (χ2v) is 3.79. The Balaban J connectivity index is 2.43. The Bertz CT molecular complexity index is 288. The molecule has 1 rings (SSSR count). The number of aliphatic carboxylic acids is 1. The van der Waals surface area contributed by atoms with Crippen molar-refractivity contribution in [1.82, 2.24) is 9.80 Å². The number of amides is 1. The molecular formula is C9H14F2N2O3. The summed E-state index contributed by atoms with van der Waals surface area (Å²) >= 11 is 0. The molecule has 0 unspecified atom stereocenters. The van der Waals surface area contributed by atoms with E-state index in [9.17, 15) is 18.4 Å². The number of rotatable bonds is 3. The van der Waals surface area contributed by atoms with E-state index in [1.807, 2.05) is 0 Å². The highest BCUT2D eigenvalue weighted by molar-refractivity contribution is 5.75. The number of carboxylic acids is 1. The predicted octanol–water partition coefficient (Wildman–Crippen LogP) is -0.130. The Morgan fingerprint density at radius 2 is 1.75 bits per heavy atom. The number of carbonyl (C=O) groups is 2. The van der Waals surface area contributed by atoms with E-state index in [0.29, 0.717) is 13.1 Å². The minimum atomic E-state index is -3.72. The largest absolute Gasteiger partial charge is 0.477 e. The lowest BCUT2D eigenvalue weighted by Crippen LogP contribution is -2.52. The molecule has 0 aromatic carbocycles. The summed E-state index contributed by atoms with van der Waals surface area (Å²) < 4.78 is 25.7. The third kappa shape index (κ3) is 3.13. The molecule has 1 aliphatic rings. The lowest BCUT2D eigenvalue weighted by molar-refractivity contribution is -0.168. The van der Waals surface area contributed by atoms with Crippen molar-refractivity contribution in [3.8, 4) is 0 Å². The van der Waals surface area contributed by atoms with Gasteiger partial charge in [0.05, 0.1) is 6.54 Å². The van der Waals surface area contributed by atoms with Crippen LogP contribution in [0.4, 0.5) is 8.78 Å². The highest BCUT2D eigenvalue weighted by Crippen LogP contribution is 2.16. The van der Waals surface area contributed by atoms with Gasteiger partial charge in [0.2, 0.25) is 5.91 Å². The first-order valence-corrected chi connectivity index (χ1v) is 4.92. The van der Waals surface area contributed by atoms with Crippen molar-refractivity contribution < 1.29 is 23.5 Å². The minimum absolute atomic E-state index is 0.0929. The summed E-state index contributed by atoms with van der Waals surface area (Å²) in [5.41, 5.74) is 0. The third-order valence-corrected chi connectivity index (χ3v) is 2.55. The molecule has 92 valence electrons. The Morgan fingerprint density at radius 3 is 2.12 bits per heavy atom. The average Bonchev–Trinajstić information content (AvgIpc) is 2.17. The molecule has 1 heterocycles. The van der Waals surface area contributed by atoms with E-state index in [1.165, 1.54) is 11.8 Å². The SMILES string of the molecule is CC(=O)N1CCN(CC(F)(F)C(=O)O)CC1. The van der Waals surface area contributed by atoms with Crippen molar-refractivity contribution in [3.63, 3.8) is 0 Å². The van der Waals surface area contributed by atoms with Gasteiger partial charge in [0.25, 0.3) is 0 Å². The van der Waals surface area contributed by atoms with Gasteiger partial charge in [-0.25, -0.2) is 4.79 Å². The van der Waals surface area contributed by atoms with Crippen molar-refractivity contribution in [2.24, 2.45) is 0 Å². The van der Waals surface area contributed by atoms with Crippen molar-refractivity contribution in [2.75, 3.05) is 32.7 Å². The van der Waals surface area contributed by atoms with E-state index in [0.717, 1.165) is 0 Å². The fourth-order valence-electron chi connectivity index (χ4n) is 1.57. The van der Waals surface area contributed by atoms with Crippen molar-refractivity contribution in [3.05, 3.63) is 0 Å². The molecule has 0 spiro atoms. The molecule has 0 radical (unpaired) electrons. The lowest BCUT2D eigenvalue weighted by Gasteiger charge is -2.35. The van der Waals surface area contributed by atoms with E-state index in [1.54, 1.807) is 4.90 Å². The predicted molar refractivity (Wildman–Crippen MR) is 51.3 cm³/mol. The molecule has 0 saturated carbocycles. The first-order valence-electron chi connectivity index (χ1n) is 4.92. The number of hydrogen-bond donors (Lipinski definition) is 1. The van der Waals surface area contributed by atoms with E-state index in [-0.39, 0.29) is 19.0 Å². The number of nitrogens with zero attached hydrogens (tertiary/aromatic N) is 2. The fourth-order valence-corrected chi connectivity index (χ4v) is 1.57. The molecule has 1 fully saturated rings. The monoisotopic (exact) mass is 236 g/mol. The smallest absolute Gasteiger partial charge is 0.375 e. The van der Waals surface area contributed by atoms with Crippen LogP contribution in [0, 0.1) is 0 Å². The number of hydrogen-bond acceptors (Lipinski definition) is 3. The molecule has 7 heteroatoms. The number of carboxylic acid groups (broad SMARTS) is 1. The maximum Gasteiger partial charge on any atom is 0.375 e. The van der Waals surface area contributed by atoms with Crippen molar-refractivity contribution >= 4 is 11.9 Å². The minimum Gasteiger partial charge on any atom is -0.477 e. The highest BCUT2D eigenvalue weighted by atomic mass is 19.3. The molecule has 1 aliphatic heterocycles. The van der Waals surface area contributed by atoms with Crippen LogP contribution in [-0.4, -0.2) is 65.4 Å². The first kappa shape index (κ1) is 12.8. The van der Waals surface area contributed by atoms with Crippen LogP contribution in [0.5, 0.6) is 0 Å². The molecule has 1 amide bonds. The quantitative estimate of drug-likeness (QED) is 0.741. The van der Waals surface area contributed by atoms with Crippen LogP contribution in [0.3, 0.4) is 0 Å². The van der Waals surface area contributed by atoms with Crippen molar-refractivity contribution in [2.45, 2.75) is 12.8 Å². The number of carbonyl (C=O) groups excluding carboxylic acids is 1. The van der Waals surface area contributed by atoms with E-state index in [4.69, 9.17) is 5.11 Å². The molecule has 0 aromatic heterocycles. The zero-order valence-electron chi connectivity index (χ0n) is 8.95. The van der Waals surface area contributed by atoms with Crippen LogP contribution in [0.2, 0.25) is 0 Å². The first-order chi connectivity index (χ1) is 7.33. The zero-order chi connectivity index (χ0) is 12.3. The van der Waals surface area contributed by atoms with Gasteiger partial charge in [-0.3, -0.25) is 9.69 Å². The normalized spacial score (nSPS) is 18.6. The van der Waals surface area contributed by atoms with Gasteiger partial charge in [-0.2, -0.15) is 8.78 Å². The number of alkyl halides is 2. The van der Waals surface area contributed by atoms with Gasteiger partial charge in [-0.05, 0) is 0 Å². The standard InChI is InChI=1S/C9H14F2N2O3/c1-7(14)13-4-2-12(3-5-13)6-9(10,11)8(15)16/h2-6H2,1H3,(H,15,16). The molecule has 1 N–H and O–H groups in total. The van der Waals surface area contributed by atoms with E-state index < -0.39 is 18.4 Å². The number of halogens is 2. The average molecular weight is 236 g/mol. The van der Waals surface area contributed by atoms with Gasteiger partial charge in [0.15, 0.2) is 0 Å². The molecular weight excluding hydrogens is 222 g/mol. The summed E-state index contributed by atoms with van der Waals surface area (Å²) in [5.74, 6) is -5.93. The van der Waals surface area contributed by atoms with Gasteiger partial charge in [0, 0.05) is 33.1 Å². The lowest BCUT2D eigenvalue weighted by atomic mass is 10.2. The molecule has 0 atom stereocenters. The maximum atomic E-state index is 12.9. The Hall–Kier alpha value is -1.24. The summed E-state index contributed by atoms with van der Waals surface area (Å²) in [6, 6.07) is 0. The second kappa shape index (κ2) is 4.73. The van der Waals surface area contributed by atoms with Gasteiger partial charge in [0.1, 0.15) is 0 Å². The van der Waals surface area contributed by atoms with Crippen molar-refractivity contribution in [1.29, 1.82) is 0 Å². The molecule has 1 saturated heterocycles. The highest BCUT2D eigenvalue weighted by Gasteiger charge is 2.41. The van der Waals surface area contributed by atoms with Gasteiger partial charge >= 0.3 is 11.9 Å². The van der Waals surface area contributed by atoms with E-state index >= 15 is 0 Å². The Morgan fingerprint density at radius 1 is 1.25 bits per heavy atom. The van der Waals surface area contributed by atoms with Crippen LogP contribution in [-0.2, 0) is 9.59 Å². The van der Waals surface area contributed by atoms with Gasteiger partial charge < -0.3 is 10.0 Å². The number of piperazine rings is 1. The van der Waals surface area contributed by atoms with Crippen LogP contribution in [0.1, 0.15) is 6.92 Å². The molecule has 0 bridgehead atoms. The zero-order valence-corrected chi connectivity index (χ0v) is 8.95. The topological polar surface area (TPSA) is 60.9 Å². The van der Waals surface area contributed by atoms with Crippen LogP contribution in [0.15, 0.2) is 0 Å². The summed E-state index contributed by atoms with van der Waals surface area (Å²) in [6.45, 7) is 1.91. The summed E-state index contributed by atoms with van der Waals surface area (Å²) in [4.78, 5) is 24.1. The van der Waals surface area contributed by atoms with Crippen LogP contribution >= 0.6 is 0 Å².